The molecule has 2 aliphatic rings. The normalized spacial score (nSPS) is 21.5. The van der Waals surface area contributed by atoms with Crippen molar-refractivity contribution in [1.82, 2.24) is 15.5 Å². The molecule has 0 bridgehead atoms. The standard InChI is InChI=1S/C16H27N3O3/c1-11(2)6-7-12(3)17-13(20)10-19-14(21)16(18-15(19)22)8-4-5-9-16/h11-12H,4-10H2,1-3H3,(H,17,20)(H,18,22)/t12-/m1/s1. The van der Waals surface area contributed by atoms with E-state index in [9.17, 15) is 14.4 Å². The predicted octanol–water partition coefficient (Wildman–Crippen LogP) is 1.79. The molecule has 0 aromatic rings. The fourth-order valence-electron chi connectivity index (χ4n) is 3.26. The van der Waals surface area contributed by atoms with Gasteiger partial charge in [-0.3, -0.25) is 14.5 Å². The highest BCUT2D eigenvalue weighted by molar-refractivity contribution is 6.09. The predicted molar refractivity (Wildman–Crippen MR) is 83.1 cm³/mol. The van der Waals surface area contributed by atoms with Crippen molar-refractivity contribution < 1.29 is 14.4 Å². The molecular weight excluding hydrogens is 282 g/mol. The van der Waals surface area contributed by atoms with Crippen LogP contribution in [0.3, 0.4) is 0 Å². The second-order valence-electron chi connectivity index (χ2n) is 7.05. The average molecular weight is 309 g/mol. The molecule has 124 valence electrons. The largest absolute Gasteiger partial charge is 0.352 e. The lowest BCUT2D eigenvalue weighted by atomic mass is 9.98. The number of urea groups is 1. The molecular formula is C16H27N3O3. The number of carbonyl (C=O) groups is 3. The van der Waals surface area contributed by atoms with Gasteiger partial charge in [-0.25, -0.2) is 4.79 Å². The van der Waals surface area contributed by atoms with Crippen molar-refractivity contribution in [2.45, 2.75) is 70.9 Å². The number of hydrogen-bond donors (Lipinski definition) is 2. The van der Waals surface area contributed by atoms with Crippen LogP contribution in [0.4, 0.5) is 4.79 Å². The summed E-state index contributed by atoms with van der Waals surface area (Å²) in [5.74, 6) is 0.0855. The molecule has 0 unspecified atom stereocenters. The summed E-state index contributed by atoms with van der Waals surface area (Å²) in [7, 11) is 0. The Labute approximate surface area is 132 Å². The molecule has 1 saturated heterocycles. The highest BCUT2D eigenvalue weighted by Crippen LogP contribution is 2.34. The van der Waals surface area contributed by atoms with E-state index in [0.29, 0.717) is 18.8 Å². The van der Waals surface area contributed by atoms with Crippen molar-refractivity contribution in [2.24, 2.45) is 5.92 Å². The van der Waals surface area contributed by atoms with Crippen LogP contribution in [0.5, 0.6) is 0 Å². The zero-order valence-corrected chi connectivity index (χ0v) is 13.8. The Morgan fingerprint density at radius 3 is 2.45 bits per heavy atom. The lowest BCUT2D eigenvalue weighted by Gasteiger charge is -2.20. The third kappa shape index (κ3) is 3.59. The first-order chi connectivity index (χ1) is 10.3. The molecule has 0 aromatic carbocycles. The number of nitrogens with one attached hydrogen (secondary N) is 2. The summed E-state index contributed by atoms with van der Waals surface area (Å²) in [6, 6.07) is -0.381. The van der Waals surface area contributed by atoms with E-state index in [2.05, 4.69) is 24.5 Å². The fraction of sp³-hybridized carbons (Fsp3) is 0.812. The van der Waals surface area contributed by atoms with Crippen molar-refractivity contribution in [3.05, 3.63) is 0 Å². The van der Waals surface area contributed by atoms with Crippen LogP contribution in [0.2, 0.25) is 0 Å². The first-order valence-corrected chi connectivity index (χ1v) is 8.27. The van der Waals surface area contributed by atoms with Crippen molar-refractivity contribution in [2.75, 3.05) is 6.54 Å². The number of hydrogen-bond acceptors (Lipinski definition) is 3. The first kappa shape index (κ1) is 16.8. The molecule has 6 nitrogen and oxygen atoms in total. The summed E-state index contributed by atoms with van der Waals surface area (Å²) in [6.07, 6.45) is 5.18. The van der Waals surface area contributed by atoms with Gasteiger partial charge in [0.1, 0.15) is 12.1 Å². The minimum Gasteiger partial charge on any atom is -0.352 e. The van der Waals surface area contributed by atoms with Crippen molar-refractivity contribution >= 4 is 17.8 Å². The summed E-state index contributed by atoms with van der Waals surface area (Å²) in [6.45, 7) is 6.05. The zero-order chi connectivity index (χ0) is 16.3. The Morgan fingerprint density at radius 2 is 1.86 bits per heavy atom. The van der Waals surface area contributed by atoms with Gasteiger partial charge in [0.05, 0.1) is 0 Å². The summed E-state index contributed by atoms with van der Waals surface area (Å²) in [5.41, 5.74) is -0.735. The van der Waals surface area contributed by atoms with Gasteiger partial charge in [0, 0.05) is 6.04 Å². The third-order valence-corrected chi connectivity index (χ3v) is 4.59. The summed E-state index contributed by atoms with van der Waals surface area (Å²) in [5, 5.41) is 5.65. The lowest BCUT2D eigenvalue weighted by molar-refractivity contribution is -0.135. The molecule has 22 heavy (non-hydrogen) atoms. The van der Waals surface area contributed by atoms with Crippen LogP contribution in [0, 0.1) is 5.92 Å². The highest BCUT2D eigenvalue weighted by Gasteiger charge is 2.52. The van der Waals surface area contributed by atoms with Gasteiger partial charge in [-0.1, -0.05) is 26.7 Å². The number of imide groups is 1. The molecule has 4 amide bonds. The van der Waals surface area contributed by atoms with Gasteiger partial charge in [-0.05, 0) is 38.5 Å². The van der Waals surface area contributed by atoms with Gasteiger partial charge in [-0.2, -0.15) is 0 Å². The summed E-state index contributed by atoms with van der Waals surface area (Å²) in [4.78, 5) is 37.6. The minimum absolute atomic E-state index is 0.0520. The molecule has 2 rings (SSSR count). The van der Waals surface area contributed by atoms with E-state index in [1.54, 1.807) is 0 Å². The van der Waals surface area contributed by atoms with Crippen LogP contribution in [0.1, 0.15) is 59.3 Å². The number of carbonyl (C=O) groups excluding carboxylic acids is 3. The second kappa shape index (κ2) is 6.67. The topological polar surface area (TPSA) is 78.5 Å². The third-order valence-electron chi connectivity index (χ3n) is 4.59. The fourth-order valence-corrected chi connectivity index (χ4v) is 3.26. The van der Waals surface area contributed by atoms with Crippen LogP contribution >= 0.6 is 0 Å². The molecule has 6 heteroatoms. The van der Waals surface area contributed by atoms with E-state index in [1.165, 1.54) is 0 Å². The average Bonchev–Trinajstić information content (AvgIpc) is 2.98. The van der Waals surface area contributed by atoms with Gasteiger partial charge < -0.3 is 10.6 Å². The van der Waals surface area contributed by atoms with Crippen LogP contribution < -0.4 is 10.6 Å². The molecule has 2 fully saturated rings. The monoisotopic (exact) mass is 309 g/mol. The molecule has 0 aromatic heterocycles. The quantitative estimate of drug-likeness (QED) is 0.734. The Bertz CT molecular complexity index is 456. The second-order valence-corrected chi connectivity index (χ2v) is 7.05. The highest BCUT2D eigenvalue weighted by atomic mass is 16.2. The lowest BCUT2D eigenvalue weighted by Crippen LogP contribution is -2.46. The molecule has 1 aliphatic carbocycles. The van der Waals surface area contributed by atoms with Gasteiger partial charge in [0.25, 0.3) is 5.91 Å². The number of nitrogens with zero attached hydrogens (tertiary/aromatic N) is 1. The summed E-state index contributed by atoms with van der Waals surface area (Å²) >= 11 is 0. The van der Waals surface area contributed by atoms with Gasteiger partial charge in [0.15, 0.2) is 0 Å². The Morgan fingerprint density at radius 1 is 1.23 bits per heavy atom. The minimum atomic E-state index is -0.735. The number of rotatable bonds is 6. The van der Waals surface area contributed by atoms with Crippen LogP contribution in [0.25, 0.3) is 0 Å². The summed E-state index contributed by atoms with van der Waals surface area (Å²) < 4.78 is 0. The Hall–Kier alpha value is -1.59. The maximum Gasteiger partial charge on any atom is 0.325 e. The number of amides is 4. The van der Waals surface area contributed by atoms with Crippen LogP contribution in [0.15, 0.2) is 0 Å². The Balaban J connectivity index is 1.86. The van der Waals surface area contributed by atoms with E-state index in [0.717, 1.165) is 30.6 Å². The molecule has 1 spiro atoms. The van der Waals surface area contributed by atoms with E-state index >= 15 is 0 Å². The zero-order valence-electron chi connectivity index (χ0n) is 13.8. The molecule has 1 heterocycles. The van der Waals surface area contributed by atoms with Gasteiger partial charge >= 0.3 is 6.03 Å². The van der Waals surface area contributed by atoms with Gasteiger partial charge in [-0.15, -0.1) is 0 Å². The maximum absolute atomic E-state index is 12.4. The molecule has 1 saturated carbocycles. The van der Waals surface area contributed by atoms with E-state index in [4.69, 9.17) is 0 Å². The van der Waals surface area contributed by atoms with Crippen LogP contribution in [-0.2, 0) is 9.59 Å². The molecule has 1 aliphatic heterocycles. The van der Waals surface area contributed by atoms with Gasteiger partial charge in [0.2, 0.25) is 5.91 Å². The SMILES string of the molecule is CC(C)CC[C@@H](C)NC(=O)CN1C(=O)NC2(CCCC2)C1=O. The molecule has 2 N–H and O–H groups in total. The van der Waals surface area contributed by atoms with Crippen LogP contribution in [-0.4, -0.2) is 40.9 Å². The van der Waals surface area contributed by atoms with Crippen molar-refractivity contribution in [1.29, 1.82) is 0 Å². The Kier molecular flexibility index (Phi) is 5.08. The molecule has 1 atom stereocenters. The van der Waals surface area contributed by atoms with Crippen molar-refractivity contribution in [3.8, 4) is 0 Å². The van der Waals surface area contributed by atoms with E-state index in [-0.39, 0.29) is 24.4 Å². The first-order valence-electron chi connectivity index (χ1n) is 8.27. The van der Waals surface area contributed by atoms with E-state index in [1.807, 2.05) is 6.92 Å². The van der Waals surface area contributed by atoms with E-state index < -0.39 is 11.6 Å². The molecule has 0 radical (unpaired) electrons. The van der Waals surface area contributed by atoms with Crippen molar-refractivity contribution in [3.63, 3.8) is 0 Å². The maximum atomic E-state index is 12.4. The smallest absolute Gasteiger partial charge is 0.325 e.